The van der Waals surface area contributed by atoms with Gasteiger partial charge in [-0.15, -0.1) is 0 Å². The third-order valence-electron chi connectivity index (χ3n) is 4.68. The summed E-state index contributed by atoms with van der Waals surface area (Å²) in [5.41, 5.74) is 1.83. The van der Waals surface area contributed by atoms with Gasteiger partial charge in [-0.2, -0.15) is 0 Å². The van der Waals surface area contributed by atoms with E-state index in [0.717, 1.165) is 11.1 Å². The van der Waals surface area contributed by atoms with Crippen LogP contribution in [0.15, 0.2) is 77.7 Å². The highest BCUT2D eigenvalue weighted by Crippen LogP contribution is 2.27. The van der Waals surface area contributed by atoms with Crippen LogP contribution >= 0.6 is 23.2 Å². The Morgan fingerprint density at radius 2 is 1.58 bits per heavy atom. The average molecular weight is 479 g/mol. The second kappa shape index (κ2) is 9.80. The van der Waals surface area contributed by atoms with Crippen molar-refractivity contribution in [1.29, 1.82) is 0 Å². The molecule has 0 saturated carbocycles. The van der Waals surface area contributed by atoms with Crippen LogP contribution < -0.4 is 5.32 Å². The molecule has 1 unspecified atom stereocenters. The SMILES string of the molecule is CON(C)S(=O)(=O)c1cc(C(=O)NC(c2ccccc2)c2ccc(Cl)cc2)ccc1Cl. The number of carbonyl (C=O) groups excluding carboxylic acids is 1. The summed E-state index contributed by atoms with van der Waals surface area (Å²) in [5, 5.41) is 3.53. The molecular weight excluding hydrogens is 459 g/mol. The number of hydrogen-bond acceptors (Lipinski definition) is 4. The van der Waals surface area contributed by atoms with Gasteiger partial charge in [-0.05, 0) is 41.5 Å². The van der Waals surface area contributed by atoms with Crippen molar-refractivity contribution in [2.24, 2.45) is 0 Å². The van der Waals surface area contributed by atoms with E-state index in [2.05, 4.69) is 5.32 Å². The molecule has 0 aromatic heterocycles. The van der Waals surface area contributed by atoms with Gasteiger partial charge in [0.2, 0.25) is 0 Å². The van der Waals surface area contributed by atoms with Crippen molar-refractivity contribution in [3.8, 4) is 0 Å². The number of carbonyl (C=O) groups is 1. The third-order valence-corrected chi connectivity index (χ3v) is 7.09. The standard InChI is InChI=1S/C22H20Cl2N2O4S/c1-26(30-2)31(28,29)20-14-17(10-13-19(20)24)22(27)25-21(15-6-4-3-5-7-15)16-8-11-18(23)12-9-16/h3-14,21H,1-2H3,(H,25,27). The van der Waals surface area contributed by atoms with Gasteiger partial charge >= 0.3 is 0 Å². The molecule has 162 valence electrons. The summed E-state index contributed by atoms with van der Waals surface area (Å²) >= 11 is 12.1. The summed E-state index contributed by atoms with van der Waals surface area (Å²) in [4.78, 5) is 17.6. The number of halogens is 2. The van der Waals surface area contributed by atoms with Crippen LogP contribution in [0, 0.1) is 0 Å². The fourth-order valence-corrected chi connectivity index (χ4v) is 4.55. The molecule has 1 amide bonds. The molecular formula is C22H20Cl2N2O4S. The fraction of sp³-hybridized carbons (Fsp3) is 0.136. The Labute approximate surface area is 191 Å². The van der Waals surface area contributed by atoms with Gasteiger partial charge in [-0.25, -0.2) is 8.42 Å². The zero-order valence-corrected chi connectivity index (χ0v) is 19.1. The fourth-order valence-electron chi connectivity index (χ4n) is 2.95. The molecule has 0 spiro atoms. The van der Waals surface area contributed by atoms with Gasteiger partial charge < -0.3 is 5.32 Å². The van der Waals surface area contributed by atoms with E-state index in [1.54, 1.807) is 12.1 Å². The normalized spacial score (nSPS) is 12.5. The first-order valence-corrected chi connectivity index (χ1v) is 11.4. The van der Waals surface area contributed by atoms with Crippen LogP contribution in [0.3, 0.4) is 0 Å². The Hall–Kier alpha value is -2.42. The predicted octanol–water partition coefficient (Wildman–Crippen LogP) is 4.69. The van der Waals surface area contributed by atoms with Crippen molar-refractivity contribution < 1.29 is 18.0 Å². The van der Waals surface area contributed by atoms with Crippen molar-refractivity contribution in [3.63, 3.8) is 0 Å². The zero-order chi connectivity index (χ0) is 22.6. The molecule has 0 radical (unpaired) electrons. The first kappa shape index (κ1) is 23.2. The molecule has 0 saturated heterocycles. The highest BCUT2D eigenvalue weighted by atomic mass is 35.5. The van der Waals surface area contributed by atoms with Crippen LogP contribution in [0.2, 0.25) is 10.0 Å². The Bertz CT molecular complexity index is 1170. The van der Waals surface area contributed by atoms with Crippen molar-refractivity contribution in [2.45, 2.75) is 10.9 Å². The molecule has 3 rings (SSSR count). The lowest BCUT2D eigenvalue weighted by molar-refractivity contribution is -0.0258. The van der Waals surface area contributed by atoms with E-state index in [9.17, 15) is 13.2 Å². The van der Waals surface area contributed by atoms with E-state index in [0.29, 0.717) is 9.49 Å². The highest BCUT2D eigenvalue weighted by Gasteiger charge is 2.26. The number of nitrogens with zero attached hydrogens (tertiary/aromatic N) is 1. The largest absolute Gasteiger partial charge is 0.341 e. The average Bonchev–Trinajstić information content (AvgIpc) is 2.78. The zero-order valence-electron chi connectivity index (χ0n) is 16.7. The van der Waals surface area contributed by atoms with Gasteiger partial charge in [0.1, 0.15) is 4.90 Å². The van der Waals surface area contributed by atoms with Crippen molar-refractivity contribution in [2.75, 3.05) is 14.2 Å². The molecule has 0 bridgehead atoms. The van der Waals surface area contributed by atoms with E-state index in [4.69, 9.17) is 28.0 Å². The maximum absolute atomic E-state index is 13.1. The molecule has 9 heteroatoms. The summed E-state index contributed by atoms with van der Waals surface area (Å²) < 4.78 is 25.9. The van der Waals surface area contributed by atoms with Crippen molar-refractivity contribution >= 4 is 39.1 Å². The molecule has 1 N–H and O–H groups in total. The summed E-state index contributed by atoms with van der Waals surface area (Å²) in [7, 11) is -1.57. The quantitative estimate of drug-likeness (QED) is 0.499. The van der Waals surface area contributed by atoms with Gasteiger partial charge in [-0.3, -0.25) is 9.63 Å². The Balaban J connectivity index is 1.97. The van der Waals surface area contributed by atoms with Gasteiger partial charge in [-0.1, -0.05) is 70.1 Å². The third kappa shape index (κ3) is 5.26. The number of amides is 1. The van der Waals surface area contributed by atoms with E-state index in [1.165, 1.54) is 32.4 Å². The molecule has 0 fully saturated rings. The Morgan fingerprint density at radius 1 is 0.968 bits per heavy atom. The van der Waals surface area contributed by atoms with Crippen LogP contribution in [0.1, 0.15) is 27.5 Å². The molecule has 0 aliphatic carbocycles. The first-order valence-electron chi connectivity index (χ1n) is 9.18. The second-order valence-corrected chi connectivity index (χ2v) is 9.36. The smallest absolute Gasteiger partial charge is 0.266 e. The molecule has 0 aliphatic heterocycles. The highest BCUT2D eigenvalue weighted by molar-refractivity contribution is 7.89. The number of benzene rings is 3. The van der Waals surface area contributed by atoms with Crippen LogP contribution in [-0.4, -0.2) is 33.0 Å². The monoisotopic (exact) mass is 478 g/mol. The topological polar surface area (TPSA) is 75.7 Å². The molecule has 3 aromatic carbocycles. The molecule has 31 heavy (non-hydrogen) atoms. The summed E-state index contributed by atoms with van der Waals surface area (Å²) in [6.07, 6.45) is 0. The Morgan fingerprint density at radius 3 is 2.19 bits per heavy atom. The van der Waals surface area contributed by atoms with E-state index < -0.39 is 22.0 Å². The number of rotatable bonds is 7. The summed E-state index contributed by atoms with van der Waals surface area (Å²) in [6, 6.07) is 20.1. The van der Waals surface area contributed by atoms with Crippen LogP contribution in [-0.2, 0) is 14.9 Å². The van der Waals surface area contributed by atoms with Crippen LogP contribution in [0.4, 0.5) is 0 Å². The number of hydrogen-bond donors (Lipinski definition) is 1. The van der Waals surface area contributed by atoms with E-state index in [-0.39, 0.29) is 15.5 Å². The van der Waals surface area contributed by atoms with Gasteiger partial charge in [0.25, 0.3) is 15.9 Å². The number of sulfonamides is 1. The van der Waals surface area contributed by atoms with Crippen molar-refractivity contribution in [1.82, 2.24) is 9.79 Å². The number of hydroxylamine groups is 1. The van der Waals surface area contributed by atoms with Gasteiger partial charge in [0.15, 0.2) is 0 Å². The summed E-state index contributed by atoms with van der Waals surface area (Å²) in [6.45, 7) is 0. The first-order chi connectivity index (χ1) is 14.7. The minimum atomic E-state index is -4.03. The second-order valence-electron chi connectivity index (χ2n) is 6.61. The maximum atomic E-state index is 13.1. The van der Waals surface area contributed by atoms with Gasteiger partial charge in [0, 0.05) is 17.6 Å². The molecule has 1 atom stereocenters. The maximum Gasteiger partial charge on any atom is 0.266 e. The molecule has 0 aliphatic rings. The van der Waals surface area contributed by atoms with E-state index in [1.807, 2.05) is 42.5 Å². The predicted molar refractivity (Wildman–Crippen MR) is 121 cm³/mol. The minimum Gasteiger partial charge on any atom is -0.341 e. The van der Waals surface area contributed by atoms with Crippen LogP contribution in [0.5, 0.6) is 0 Å². The number of nitrogens with one attached hydrogen (secondary N) is 1. The lowest BCUT2D eigenvalue weighted by Gasteiger charge is -2.21. The van der Waals surface area contributed by atoms with Crippen LogP contribution in [0.25, 0.3) is 0 Å². The lowest BCUT2D eigenvalue weighted by Crippen LogP contribution is -2.30. The Kier molecular flexibility index (Phi) is 7.35. The molecule has 3 aromatic rings. The molecule has 6 nitrogen and oxygen atoms in total. The van der Waals surface area contributed by atoms with E-state index >= 15 is 0 Å². The van der Waals surface area contributed by atoms with Gasteiger partial charge in [0.05, 0.1) is 18.2 Å². The summed E-state index contributed by atoms with van der Waals surface area (Å²) in [5.74, 6) is -0.461. The van der Waals surface area contributed by atoms with Crippen molar-refractivity contribution in [3.05, 3.63) is 99.5 Å². The lowest BCUT2D eigenvalue weighted by atomic mass is 9.98. The molecule has 0 heterocycles. The minimum absolute atomic E-state index is 0.0160.